The zero-order chi connectivity index (χ0) is 12.8. The standard InChI is InChI=1S/C12H14ClFO2S/c1-8(5-12(15)16-2)17-7-9-3-4-11(14)10(13)6-9/h3-4,6,8H,5,7H2,1-2H3. The summed E-state index contributed by atoms with van der Waals surface area (Å²) in [5, 5.41) is 0.287. The summed E-state index contributed by atoms with van der Waals surface area (Å²) in [6.45, 7) is 1.95. The largest absolute Gasteiger partial charge is 0.469 e. The molecule has 17 heavy (non-hydrogen) atoms. The van der Waals surface area contributed by atoms with Crippen LogP contribution in [0.25, 0.3) is 0 Å². The molecule has 1 aromatic carbocycles. The number of carbonyl (C=O) groups is 1. The van der Waals surface area contributed by atoms with Gasteiger partial charge < -0.3 is 4.74 Å². The van der Waals surface area contributed by atoms with Gasteiger partial charge in [0.2, 0.25) is 0 Å². The Balaban J connectivity index is 2.44. The van der Waals surface area contributed by atoms with Crippen LogP contribution in [-0.4, -0.2) is 18.3 Å². The summed E-state index contributed by atoms with van der Waals surface area (Å²) < 4.78 is 17.5. The molecule has 0 amide bonds. The smallest absolute Gasteiger partial charge is 0.306 e. The molecule has 1 rings (SSSR count). The Morgan fingerprint density at radius 2 is 2.29 bits per heavy atom. The maximum Gasteiger partial charge on any atom is 0.306 e. The minimum Gasteiger partial charge on any atom is -0.469 e. The van der Waals surface area contributed by atoms with Gasteiger partial charge in [-0.25, -0.2) is 4.39 Å². The minimum atomic E-state index is -0.414. The summed E-state index contributed by atoms with van der Waals surface area (Å²) in [4.78, 5) is 11.0. The molecule has 0 spiro atoms. The van der Waals surface area contributed by atoms with E-state index in [0.29, 0.717) is 12.2 Å². The lowest BCUT2D eigenvalue weighted by atomic mass is 10.2. The highest BCUT2D eigenvalue weighted by molar-refractivity contribution is 7.99. The van der Waals surface area contributed by atoms with Crippen molar-refractivity contribution in [2.24, 2.45) is 0 Å². The Kier molecular flexibility index (Phi) is 5.78. The van der Waals surface area contributed by atoms with Crippen LogP contribution in [-0.2, 0) is 15.3 Å². The maximum absolute atomic E-state index is 12.9. The lowest BCUT2D eigenvalue weighted by Crippen LogP contribution is -2.08. The second-order valence-electron chi connectivity index (χ2n) is 3.65. The molecular formula is C12H14ClFO2S. The third kappa shape index (κ3) is 4.96. The number of hydrogen-bond donors (Lipinski definition) is 0. The average molecular weight is 277 g/mol. The summed E-state index contributed by atoms with van der Waals surface area (Å²) in [6, 6.07) is 4.65. The quantitative estimate of drug-likeness (QED) is 0.768. The Morgan fingerprint density at radius 1 is 1.59 bits per heavy atom. The fourth-order valence-corrected chi connectivity index (χ4v) is 2.36. The third-order valence-corrected chi connectivity index (χ3v) is 3.73. The SMILES string of the molecule is COC(=O)CC(C)SCc1ccc(F)c(Cl)c1. The zero-order valence-corrected chi connectivity index (χ0v) is 11.3. The van der Waals surface area contributed by atoms with E-state index >= 15 is 0 Å². The highest BCUT2D eigenvalue weighted by atomic mass is 35.5. The number of benzene rings is 1. The average Bonchev–Trinajstić information content (AvgIpc) is 2.30. The highest BCUT2D eigenvalue weighted by Gasteiger charge is 2.10. The van der Waals surface area contributed by atoms with E-state index in [2.05, 4.69) is 4.74 Å². The summed E-state index contributed by atoms with van der Waals surface area (Å²) in [5.74, 6) is 0.0585. The number of ether oxygens (including phenoxy) is 1. The van der Waals surface area contributed by atoms with Gasteiger partial charge in [-0.15, -0.1) is 0 Å². The fraction of sp³-hybridized carbons (Fsp3) is 0.417. The van der Waals surface area contributed by atoms with Crippen LogP contribution in [0.1, 0.15) is 18.9 Å². The van der Waals surface area contributed by atoms with Gasteiger partial charge in [0.05, 0.1) is 18.6 Å². The molecule has 0 aliphatic heterocycles. The molecule has 0 aliphatic rings. The minimum absolute atomic E-state index is 0.128. The second kappa shape index (κ2) is 6.87. The van der Waals surface area contributed by atoms with Crippen LogP contribution in [0.5, 0.6) is 0 Å². The van der Waals surface area contributed by atoms with Crippen molar-refractivity contribution < 1.29 is 13.9 Å². The number of thioether (sulfide) groups is 1. The van der Waals surface area contributed by atoms with Gasteiger partial charge >= 0.3 is 5.97 Å². The molecule has 1 atom stereocenters. The molecular weight excluding hydrogens is 263 g/mol. The molecule has 5 heteroatoms. The number of methoxy groups -OCH3 is 1. The van der Waals surface area contributed by atoms with E-state index in [0.717, 1.165) is 5.56 Å². The van der Waals surface area contributed by atoms with E-state index in [9.17, 15) is 9.18 Å². The zero-order valence-electron chi connectivity index (χ0n) is 9.70. The molecule has 94 valence electrons. The van der Waals surface area contributed by atoms with Gasteiger partial charge in [0.15, 0.2) is 0 Å². The molecule has 0 saturated carbocycles. The second-order valence-corrected chi connectivity index (χ2v) is 5.48. The van der Waals surface area contributed by atoms with Gasteiger partial charge in [0.1, 0.15) is 5.82 Å². The number of rotatable bonds is 5. The molecule has 0 saturated heterocycles. The Hall–Kier alpha value is -0.740. The lowest BCUT2D eigenvalue weighted by molar-refractivity contribution is -0.140. The highest BCUT2D eigenvalue weighted by Crippen LogP contribution is 2.23. The van der Waals surface area contributed by atoms with Crippen LogP contribution >= 0.6 is 23.4 Å². The summed E-state index contributed by atoms with van der Waals surface area (Å²) in [7, 11) is 1.37. The van der Waals surface area contributed by atoms with Crippen LogP contribution in [0, 0.1) is 5.82 Å². The van der Waals surface area contributed by atoms with Crippen LogP contribution in [0.3, 0.4) is 0 Å². The van der Waals surface area contributed by atoms with Crippen molar-refractivity contribution in [1.29, 1.82) is 0 Å². The first kappa shape index (κ1) is 14.3. The third-order valence-electron chi connectivity index (χ3n) is 2.20. The van der Waals surface area contributed by atoms with Crippen molar-refractivity contribution in [3.05, 3.63) is 34.6 Å². The van der Waals surface area contributed by atoms with E-state index in [1.54, 1.807) is 23.9 Å². The number of hydrogen-bond acceptors (Lipinski definition) is 3. The van der Waals surface area contributed by atoms with Crippen LogP contribution in [0.15, 0.2) is 18.2 Å². The van der Waals surface area contributed by atoms with Crippen molar-refractivity contribution in [1.82, 2.24) is 0 Å². The molecule has 2 nitrogen and oxygen atoms in total. The summed E-state index contributed by atoms with van der Waals surface area (Å²) in [6.07, 6.45) is 0.371. The Morgan fingerprint density at radius 3 is 2.88 bits per heavy atom. The van der Waals surface area contributed by atoms with Gasteiger partial charge in [-0.05, 0) is 17.7 Å². The van der Waals surface area contributed by atoms with E-state index in [1.807, 2.05) is 6.92 Å². The molecule has 0 radical (unpaired) electrons. The predicted octanol–water partition coefficient (Wildman–Crippen LogP) is 3.66. The lowest BCUT2D eigenvalue weighted by Gasteiger charge is -2.09. The maximum atomic E-state index is 12.9. The molecule has 0 heterocycles. The van der Waals surface area contributed by atoms with Gasteiger partial charge in [-0.2, -0.15) is 11.8 Å². The fourth-order valence-electron chi connectivity index (χ4n) is 1.24. The number of carbonyl (C=O) groups excluding carboxylic acids is 1. The Labute approximate surface area is 109 Å². The molecule has 0 N–H and O–H groups in total. The van der Waals surface area contributed by atoms with E-state index in [4.69, 9.17) is 11.6 Å². The van der Waals surface area contributed by atoms with Crippen molar-refractivity contribution in [3.8, 4) is 0 Å². The van der Waals surface area contributed by atoms with Crippen LogP contribution in [0.4, 0.5) is 4.39 Å². The molecule has 0 bridgehead atoms. The normalized spacial score (nSPS) is 12.2. The van der Waals surface area contributed by atoms with Crippen molar-refractivity contribution in [2.75, 3.05) is 7.11 Å². The van der Waals surface area contributed by atoms with E-state index in [-0.39, 0.29) is 16.2 Å². The molecule has 1 unspecified atom stereocenters. The Bertz CT molecular complexity index is 398. The summed E-state index contributed by atoms with van der Waals surface area (Å²) >= 11 is 7.28. The van der Waals surface area contributed by atoms with Gasteiger partial charge in [0, 0.05) is 11.0 Å². The number of esters is 1. The molecule has 1 aromatic rings. The summed E-state index contributed by atoms with van der Waals surface area (Å²) in [5.41, 5.74) is 0.943. The van der Waals surface area contributed by atoms with Gasteiger partial charge in [-0.3, -0.25) is 4.79 Å². The first-order valence-corrected chi connectivity index (χ1v) is 6.58. The monoisotopic (exact) mass is 276 g/mol. The van der Waals surface area contributed by atoms with Gasteiger partial charge in [-0.1, -0.05) is 24.6 Å². The van der Waals surface area contributed by atoms with Crippen molar-refractivity contribution in [2.45, 2.75) is 24.3 Å². The van der Waals surface area contributed by atoms with Crippen LogP contribution < -0.4 is 0 Å². The van der Waals surface area contributed by atoms with E-state index in [1.165, 1.54) is 13.2 Å². The van der Waals surface area contributed by atoms with Crippen molar-refractivity contribution in [3.63, 3.8) is 0 Å². The van der Waals surface area contributed by atoms with Gasteiger partial charge in [0.25, 0.3) is 0 Å². The van der Waals surface area contributed by atoms with Crippen molar-refractivity contribution >= 4 is 29.3 Å². The molecule has 0 fully saturated rings. The predicted molar refractivity (Wildman–Crippen MR) is 68.8 cm³/mol. The van der Waals surface area contributed by atoms with E-state index < -0.39 is 5.82 Å². The first-order chi connectivity index (χ1) is 8.02. The molecule has 0 aliphatic carbocycles. The van der Waals surface area contributed by atoms with Crippen LogP contribution in [0.2, 0.25) is 5.02 Å². The first-order valence-electron chi connectivity index (χ1n) is 5.15. The molecule has 0 aromatic heterocycles. The number of halogens is 2. The topological polar surface area (TPSA) is 26.3 Å².